The van der Waals surface area contributed by atoms with Gasteiger partial charge in [0, 0.05) is 0 Å². The van der Waals surface area contributed by atoms with Crippen LogP contribution in [0, 0.1) is 0 Å². The topological polar surface area (TPSA) is 81.4 Å². The summed E-state index contributed by atoms with van der Waals surface area (Å²) in [5.41, 5.74) is 4.59. The molecule has 0 aromatic heterocycles. The molecule has 0 radical (unpaired) electrons. The Hall–Kier alpha value is -1.47. The maximum Gasteiger partial charge on any atom is 0.422 e. The molecule has 0 heterocycles. The number of alkyl carbamates (subject to hydrolysis) is 1. The molecule has 0 aliphatic heterocycles. The van der Waals surface area contributed by atoms with Crippen molar-refractivity contribution in [2.24, 2.45) is 5.73 Å². The molecular formula is C5H7F3N2O3. The van der Waals surface area contributed by atoms with E-state index in [1.54, 1.807) is 5.32 Å². The number of nitrogens with two attached hydrogens (primary N) is 1. The third-order valence-electron chi connectivity index (χ3n) is 0.774. The van der Waals surface area contributed by atoms with E-state index in [4.69, 9.17) is 0 Å². The summed E-state index contributed by atoms with van der Waals surface area (Å²) in [4.78, 5) is 20.4. The summed E-state index contributed by atoms with van der Waals surface area (Å²) in [6, 6.07) is 0. The van der Waals surface area contributed by atoms with Crippen molar-refractivity contribution >= 4 is 12.0 Å². The summed E-state index contributed by atoms with van der Waals surface area (Å²) in [6.07, 6.45) is -5.92. The first-order valence-corrected chi connectivity index (χ1v) is 3.07. The minimum Gasteiger partial charge on any atom is -0.440 e. The molecule has 0 rings (SSSR count). The summed E-state index contributed by atoms with van der Waals surface area (Å²) >= 11 is 0. The van der Waals surface area contributed by atoms with Crippen molar-refractivity contribution in [1.82, 2.24) is 5.32 Å². The third kappa shape index (κ3) is 8.44. The van der Waals surface area contributed by atoms with Crippen LogP contribution in [0.5, 0.6) is 0 Å². The normalized spacial score (nSPS) is 10.7. The summed E-state index contributed by atoms with van der Waals surface area (Å²) in [5, 5.41) is 1.72. The van der Waals surface area contributed by atoms with E-state index in [0.717, 1.165) is 0 Å². The first kappa shape index (κ1) is 11.5. The standard InChI is InChI=1S/C5H7F3N2O3/c6-5(7,8)2-13-4(12)10-1-3(9)11/h1-2H2,(H2,9,11)(H,10,12). The van der Waals surface area contributed by atoms with Gasteiger partial charge < -0.3 is 15.8 Å². The molecule has 0 aromatic rings. The molecule has 0 saturated heterocycles. The fraction of sp³-hybridized carbons (Fsp3) is 0.600. The van der Waals surface area contributed by atoms with Gasteiger partial charge in [0.15, 0.2) is 6.61 Å². The lowest BCUT2D eigenvalue weighted by Crippen LogP contribution is -2.35. The van der Waals surface area contributed by atoms with Crippen molar-refractivity contribution in [2.45, 2.75) is 6.18 Å². The lowest BCUT2D eigenvalue weighted by atomic mass is 10.6. The van der Waals surface area contributed by atoms with Crippen molar-refractivity contribution in [1.29, 1.82) is 0 Å². The third-order valence-corrected chi connectivity index (χ3v) is 0.774. The van der Waals surface area contributed by atoms with Crippen molar-refractivity contribution < 1.29 is 27.5 Å². The second-order valence-corrected chi connectivity index (χ2v) is 2.01. The molecule has 76 valence electrons. The van der Waals surface area contributed by atoms with Gasteiger partial charge in [-0.2, -0.15) is 13.2 Å². The molecule has 0 spiro atoms. The molecule has 13 heavy (non-hydrogen) atoms. The molecule has 0 aliphatic rings. The first-order valence-electron chi connectivity index (χ1n) is 3.07. The van der Waals surface area contributed by atoms with Crippen LogP contribution in [0.15, 0.2) is 0 Å². The summed E-state index contributed by atoms with van der Waals surface area (Å²) in [7, 11) is 0. The molecule has 0 aromatic carbocycles. The van der Waals surface area contributed by atoms with Gasteiger partial charge >= 0.3 is 12.3 Å². The molecule has 0 fully saturated rings. The Morgan fingerprint density at radius 3 is 2.31 bits per heavy atom. The molecule has 0 atom stereocenters. The second-order valence-electron chi connectivity index (χ2n) is 2.01. The Kier molecular flexibility index (Phi) is 4.02. The van der Waals surface area contributed by atoms with Crippen LogP contribution in [0.3, 0.4) is 0 Å². The van der Waals surface area contributed by atoms with Gasteiger partial charge in [0.2, 0.25) is 5.91 Å². The molecule has 2 amide bonds. The molecule has 0 saturated carbocycles. The number of primary amides is 1. The number of hydrogen-bond donors (Lipinski definition) is 2. The lowest BCUT2D eigenvalue weighted by Gasteiger charge is -2.07. The fourth-order valence-electron chi connectivity index (χ4n) is 0.358. The van der Waals surface area contributed by atoms with Crippen LogP contribution in [-0.2, 0) is 9.53 Å². The number of alkyl halides is 3. The Labute approximate surface area is 71.0 Å². The molecule has 0 unspecified atom stereocenters. The number of carbonyl (C=O) groups excluding carboxylic acids is 2. The van der Waals surface area contributed by atoms with Crippen LogP contribution in [0.4, 0.5) is 18.0 Å². The predicted octanol–water partition coefficient (Wildman–Crippen LogP) is -0.240. The average molecular weight is 200 g/mol. The van der Waals surface area contributed by atoms with Crippen LogP contribution in [0.2, 0.25) is 0 Å². The highest BCUT2D eigenvalue weighted by molar-refractivity contribution is 5.80. The highest BCUT2D eigenvalue weighted by atomic mass is 19.4. The first-order chi connectivity index (χ1) is 5.81. The van der Waals surface area contributed by atoms with Crippen molar-refractivity contribution in [3.8, 4) is 0 Å². The number of nitrogens with one attached hydrogen (secondary N) is 1. The van der Waals surface area contributed by atoms with E-state index in [1.807, 2.05) is 0 Å². The number of halogens is 3. The average Bonchev–Trinajstić information content (AvgIpc) is 1.95. The molecule has 5 nitrogen and oxygen atoms in total. The molecule has 0 aliphatic carbocycles. The van der Waals surface area contributed by atoms with Crippen LogP contribution < -0.4 is 11.1 Å². The zero-order valence-corrected chi connectivity index (χ0v) is 6.35. The maximum atomic E-state index is 11.4. The number of carbonyl (C=O) groups is 2. The number of rotatable bonds is 3. The van der Waals surface area contributed by atoms with E-state index in [0.29, 0.717) is 0 Å². The van der Waals surface area contributed by atoms with Gasteiger partial charge in [0.05, 0.1) is 6.54 Å². The summed E-state index contributed by atoms with van der Waals surface area (Å²) < 4.78 is 37.9. The quantitative estimate of drug-likeness (QED) is 0.659. The molecular weight excluding hydrogens is 193 g/mol. The monoisotopic (exact) mass is 200 g/mol. The Morgan fingerprint density at radius 2 is 1.92 bits per heavy atom. The van der Waals surface area contributed by atoms with Gasteiger partial charge in [-0.1, -0.05) is 0 Å². The number of amides is 2. The minimum atomic E-state index is -4.58. The highest BCUT2D eigenvalue weighted by Gasteiger charge is 2.29. The lowest BCUT2D eigenvalue weighted by molar-refractivity contribution is -0.160. The van der Waals surface area contributed by atoms with Gasteiger partial charge in [0.1, 0.15) is 0 Å². The van der Waals surface area contributed by atoms with E-state index in [9.17, 15) is 22.8 Å². The van der Waals surface area contributed by atoms with Crippen LogP contribution in [0.25, 0.3) is 0 Å². The molecule has 3 N–H and O–H groups in total. The van der Waals surface area contributed by atoms with E-state index in [-0.39, 0.29) is 0 Å². The fourth-order valence-corrected chi connectivity index (χ4v) is 0.358. The van der Waals surface area contributed by atoms with Gasteiger partial charge in [-0.3, -0.25) is 4.79 Å². The Balaban J connectivity index is 3.58. The molecule has 0 bridgehead atoms. The summed E-state index contributed by atoms with van der Waals surface area (Å²) in [5.74, 6) is -0.871. The Morgan fingerprint density at radius 1 is 1.38 bits per heavy atom. The van der Waals surface area contributed by atoms with E-state index < -0.39 is 31.3 Å². The summed E-state index contributed by atoms with van der Waals surface area (Å²) in [6.45, 7) is -2.26. The van der Waals surface area contributed by atoms with Gasteiger partial charge in [-0.15, -0.1) is 0 Å². The van der Waals surface area contributed by atoms with Crippen molar-refractivity contribution in [3.63, 3.8) is 0 Å². The SMILES string of the molecule is NC(=O)CNC(=O)OCC(F)(F)F. The molecule has 8 heteroatoms. The zero-order chi connectivity index (χ0) is 10.5. The smallest absolute Gasteiger partial charge is 0.422 e. The van der Waals surface area contributed by atoms with Crippen LogP contribution in [0.1, 0.15) is 0 Å². The van der Waals surface area contributed by atoms with Crippen LogP contribution >= 0.6 is 0 Å². The van der Waals surface area contributed by atoms with Crippen molar-refractivity contribution in [3.05, 3.63) is 0 Å². The maximum absolute atomic E-state index is 11.4. The zero-order valence-electron chi connectivity index (χ0n) is 6.35. The predicted molar refractivity (Wildman–Crippen MR) is 34.6 cm³/mol. The van der Waals surface area contributed by atoms with Gasteiger partial charge in [0.25, 0.3) is 0 Å². The second kappa shape index (κ2) is 4.53. The van der Waals surface area contributed by atoms with E-state index in [1.165, 1.54) is 0 Å². The van der Waals surface area contributed by atoms with E-state index in [2.05, 4.69) is 10.5 Å². The van der Waals surface area contributed by atoms with Crippen molar-refractivity contribution in [2.75, 3.05) is 13.2 Å². The van der Waals surface area contributed by atoms with Crippen LogP contribution in [-0.4, -0.2) is 31.3 Å². The number of ether oxygens (including phenoxy) is 1. The van der Waals surface area contributed by atoms with Gasteiger partial charge in [-0.25, -0.2) is 4.79 Å². The minimum absolute atomic E-state index is 0.559. The largest absolute Gasteiger partial charge is 0.440 e. The Bertz CT molecular complexity index is 204. The van der Waals surface area contributed by atoms with Gasteiger partial charge in [-0.05, 0) is 0 Å². The van der Waals surface area contributed by atoms with E-state index >= 15 is 0 Å². The number of hydrogen-bond acceptors (Lipinski definition) is 3. The highest BCUT2D eigenvalue weighted by Crippen LogP contribution is 2.14.